The summed E-state index contributed by atoms with van der Waals surface area (Å²) in [6.07, 6.45) is 1.60. The number of carbonyl (C=O) groups is 1. The molecule has 4 N–H and O–H groups in total. The van der Waals surface area contributed by atoms with Crippen LogP contribution in [-0.2, 0) is 27.1 Å². The number of nitrogens with two attached hydrogens (primary N) is 1. The minimum Gasteiger partial charge on any atom is -0.484 e. The lowest BCUT2D eigenvalue weighted by Crippen LogP contribution is -2.83. The average Bonchev–Trinajstić information content (AvgIpc) is 2.66. The second kappa shape index (κ2) is 8.05. The highest BCUT2D eigenvalue weighted by Crippen LogP contribution is 2.60. The number of hydrogen-bond donors (Lipinski definition) is 3. The van der Waals surface area contributed by atoms with Gasteiger partial charge in [-0.2, -0.15) is 0 Å². The lowest BCUT2D eigenvalue weighted by Gasteiger charge is -2.70. The molecule has 0 aromatic heterocycles. The fourth-order valence-corrected chi connectivity index (χ4v) is 6.13. The molecule has 166 valence electrons. The monoisotopic (exact) mass is 467 g/mol. The number of ether oxygens (including phenoxy) is 1. The molecule has 2 bridgehead atoms. The number of sulfonamides is 1. The first-order valence-corrected chi connectivity index (χ1v) is 11.8. The van der Waals surface area contributed by atoms with E-state index in [2.05, 4.69) is 10.0 Å². The Morgan fingerprint density at radius 3 is 2.35 bits per heavy atom. The standard InChI is InChI=1S/C21H23ClFN3O4S/c22-17-6-5-16(7-18(17)23)30-9-19(27)25-20-11-21(12-20,13-20)26-31(28,29)10-15-3-1-14(8-24)2-4-15/h1-7,26H,8-13,24H2,(H,25,27). The molecule has 0 radical (unpaired) electrons. The van der Waals surface area contributed by atoms with E-state index in [4.69, 9.17) is 22.1 Å². The molecule has 1 amide bonds. The molecule has 5 rings (SSSR count). The molecule has 3 aliphatic rings. The van der Waals surface area contributed by atoms with Crippen LogP contribution < -0.4 is 20.5 Å². The van der Waals surface area contributed by atoms with Crippen LogP contribution in [-0.4, -0.2) is 32.0 Å². The Hall–Kier alpha value is -2.20. The second-order valence-corrected chi connectivity index (χ2v) is 10.5. The number of rotatable bonds is 9. The van der Waals surface area contributed by atoms with Gasteiger partial charge >= 0.3 is 0 Å². The molecular formula is C21H23ClFN3O4S. The van der Waals surface area contributed by atoms with Gasteiger partial charge in [0.1, 0.15) is 11.6 Å². The molecule has 31 heavy (non-hydrogen) atoms. The molecule has 3 aliphatic carbocycles. The van der Waals surface area contributed by atoms with Gasteiger partial charge in [-0.05, 0) is 42.5 Å². The Labute approximate surface area is 185 Å². The number of hydrogen-bond acceptors (Lipinski definition) is 5. The predicted octanol–water partition coefficient (Wildman–Crippen LogP) is 2.23. The molecular weight excluding hydrogens is 445 g/mol. The van der Waals surface area contributed by atoms with Crippen LogP contribution >= 0.6 is 11.6 Å². The second-order valence-electron chi connectivity index (χ2n) is 8.39. The van der Waals surface area contributed by atoms with Crippen LogP contribution in [0.4, 0.5) is 4.39 Å². The lowest BCUT2D eigenvalue weighted by molar-refractivity contribution is -0.139. The van der Waals surface area contributed by atoms with Crippen LogP contribution in [0.1, 0.15) is 30.4 Å². The maximum absolute atomic E-state index is 13.4. The third-order valence-corrected chi connectivity index (χ3v) is 7.45. The van der Waals surface area contributed by atoms with Crippen molar-refractivity contribution in [1.29, 1.82) is 0 Å². The minimum absolute atomic E-state index is 0.0222. The van der Waals surface area contributed by atoms with E-state index in [-0.39, 0.29) is 29.0 Å². The molecule has 2 aromatic rings. The fourth-order valence-electron chi connectivity index (χ4n) is 4.43. The van der Waals surface area contributed by atoms with Crippen LogP contribution in [0.5, 0.6) is 5.75 Å². The molecule has 0 aliphatic heterocycles. The Morgan fingerprint density at radius 1 is 1.10 bits per heavy atom. The van der Waals surface area contributed by atoms with Crippen molar-refractivity contribution in [3.05, 3.63) is 64.4 Å². The van der Waals surface area contributed by atoms with Crippen molar-refractivity contribution >= 4 is 27.5 Å². The molecule has 10 heteroatoms. The zero-order valence-corrected chi connectivity index (χ0v) is 18.2. The van der Waals surface area contributed by atoms with Gasteiger partial charge in [0.2, 0.25) is 10.0 Å². The largest absolute Gasteiger partial charge is 0.484 e. The predicted molar refractivity (Wildman–Crippen MR) is 114 cm³/mol. The topological polar surface area (TPSA) is 111 Å². The third kappa shape index (κ3) is 4.85. The summed E-state index contributed by atoms with van der Waals surface area (Å²) < 4.78 is 46.6. The van der Waals surface area contributed by atoms with Gasteiger partial charge in [-0.3, -0.25) is 4.79 Å². The van der Waals surface area contributed by atoms with Gasteiger partial charge in [-0.1, -0.05) is 35.9 Å². The number of halogens is 2. The van der Waals surface area contributed by atoms with Gasteiger partial charge in [0.15, 0.2) is 6.61 Å². The van der Waals surface area contributed by atoms with Crippen molar-refractivity contribution in [1.82, 2.24) is 10.0 Å². The van der Waals surface area contributed by atoms with Crippen LogP contribution in [0.3, 0.4) is 0 Å². The van der Waals surface area contributed by atoms with E-state index < -0.39 is 26.9 Å². The van der Waals surface area contributed by atoms with Crippen molar-refractivity contribution in [3.8, 4) is 5.75 Å². The maximum Gasteiger partial charge on any atom is 0.258 e. The summed E-state index contributed by atoms with van der Waals surface area (Å²) in [6, 6.07) is 11.1. The first kappa shape index (κ1) is 22.0. The van der Waals surface area contributed by atoms with E-state index in [9.17, 15) is 17.6 Å². The van der Waals surface area contributed by atoms with E-state index >= 15 is 0 Å². The summed E-state index contributed by atoms with van der Waals surface area (Å²) >= 11 is 5.62. The zero-order chi connectivity index (χ0) is 22.3. The highest BCUT2D eigenvalue weighted by atomic mass is 35.5. The molecule has 3 saturated carbocycles. The van der Waals surface area contributed by atoms with Crippen molar-refractivity contribution < 1.29 is 22.3 Å². The molecule has 0 unspecified atom stereocenters. The summed E-state index contributed by atoms with van der Waals surface area (Å²) in [5.74, 6) is -0.863. The molecule has 0 heterocycles. The molecule has 0 atom stereocenters. The van der Waals surface area contributed by atoms with Crippen molar-refractivity contribution in [2.45, 2.75) is 42.6 Å². The highest BCUT2D eigenvalue weighted by Gasteiger charge is 2.69. The summed E-state index contributed by atoms with van der Waals surface area (Å²) in [4.78, 5) is 12.2. The van der Waals surface area contributed by atoms with E-state index in [1.807, 2.05) is 12.1 Å². The number of nitrogens with one attached hydrogen (secondary N) is 2. The van der Waals surface area contributed by atoms with Crippen LogP contribution in [0, 0.1) is 5.82 Å². The summed E-state index contributed by atoms with van der Waals surface area (Å²) in [6.45, 7) is 0.143. The SMILES string of the molecule is NCc1ccc(CS(=O)(=O)NC23CC(NC(=O)COc4ccc(Cl)c(F)c4)(C2)C3)cc1. The smallest absolute Gasteiger partial charge is 0.258 e. The van der Waals surface area contributed by atoms with E-state index in [1.165, 1.54) is 12.1 Å². The van der Waals surface area contributed by atoms with Crippen molar-refractivity contribution in [2.24, 2.45) is 5.73 Å². The quantitative estimate of drug-likeness (QED) is 0.523. The van der Waals surface area contributed by atoms with Gasteiger partial charge in [0, 0.05) is 23.7 Å². The number of amides is 1. The van der Waals surface area contributed by atoms with E-state index in [1.54, 1.807) is 12.1 Å². The van der Waals surface area contributed by atoms with Gasteiger partial charge in [0.25, 0.3) is 5.91 Å². The number of benzene rings is 2. The third-order valence-electron chi connectivity index (χ3n) is 5.68. The summed E-state index contributed by atoms with van der Waals surface area (Å²) in [5.41, 5.74) is 6.29. The Kier molecular flexibility index (Phi) is 5.72. The molecule has 2 aromatic carbocycles. The number of carbonyl (C=O) groups excluding carboxylic acids is 1. The van der Waals surface area contributed by atoms with E-state index in [0.29, 0.717) is 31.4 Å². The van der Waals surface area contributed by atoms with Crippen LogP contribution in [0.15, 0.2) is 42.5 Å². The Morgan fingerprint density at radius 2 is 1.74 bits per heavy atom. The molecule has 3 fully saturated rings. The first-order valence-electron chi connectivity index (χ1n) is 9.80. The highest BCUT2D eigenvalue weighted by molar-refractivity contribution is 7.88. The lowest BCUT2D eigenvalue weighted by atomic mass is 9.44. The Bertz CT molecular complexity index is 1090. The van der Waals surface area contributed by atoms with Gasteiger partial charge in [-0.25, -0.2) is 17.5 Å². The zero-order valence-electron chi connectivity index (χ0n) is 16.7. The van der Waals surface area contributed by atoms with Gasteiger partial charge in [0.05, 0.1) is 10.8 Å². The normalized spacial score (nSPS) is 24.1. The van der Waals surface area contributed by atoms with Gasteiger partial charge < -0.3 is 15.8 Å². The summed E-state index contributed by atoms with van der Waals surface area (Å²) in [7, 11) is -3.51. The van der Waals surface area contributed by atoms with Crippen molar-refractivity contribution in [2.75, 3.05) is 6.61 Å². The van der Waals surface area contributed by atoms with E-state index in [0.717, 1.165) is 11.6 Å². The average molecular weight is 468 g/mol. The molecule has 0 saturated heterocycles. The maximum atomic E-state index is 13.4. The molecule has 0 spiro atoms. The van der Waals surface area contributed by atoms with Gasteiger partial charge in [-0.15, -0.1) is 0 Å². The van der Waals surface area contributed by atoms with Crippen LogP contribution in [0.25, 0.3) is 0 Å². The van der Waals surface area contributed by atoms with Crippen molar-refractivity contribution in [3.63, 3.8) is 0 Å². The Balaban J connectivity index is 1.24. The minimum atomic E-state index is -3.51. The molecule has 7 nitrogen and oxygen atoms in total. The first-order chi connectivity index (χ1) is 14.6. The fraction of sp³-hybridized carbons (Fsp3) is 0.381. The van der Waals surface area contributed by atoms with Crippen LogP contribution in [0.2, 0.25) is 5.02 Å². The summed E-state index contributed by atoms with van der Waals surface area (Å²) in [5, 5.41) is 2.88.